The van der Waals surface area contributed by atoms with Gasteiger partial charge in [0.2, 0.25) is 10.0 Å². The first-order valence-corrected chi connectivity index (χ1v) is 8.80. The lowest BCUT2D eigenvalue weighted by Gasteiger charge is -2.33. The summed E-state index contributed by atoms with van der Waals surface area (Å²) in [4.78, 5) is 2.30. The Labute approximate surface area is 121 Å². The van der Waals surface area contributed by atoms with E-state index >= 15 is 0 Å². The zero-order chi connectivity index (χ0) is 14.6. The molecule has 1 heterocycles. The lowest BCUT2D eigenvalue weighted by molar-refractivity contribution is 0.182. The van der Waals surface area contributed by atoms with Crippen molar-refractivity contribution in [3.8, 4) is 0 Å². The molecule has 0 saturated carbocycles. The zero-order valence-corrected chi connectivity index (χ0v) is 12.8. The van der Waals surface area contributed by atoms with Crippen LogP contribution in [0.4, 0.5) is 0 Å². The van der Waals surface area contributed by atoms with Gasteiger partial charge in [0.1, 0.15) is 0 Å². The number of nitrogens with zero attached hydrogens (tertiary/aromatic N) is 2. The van der Waals surface area contributed by atoms with Gasteiger partial charge < -0.3 is 5.73 Å². The van der Waals surface area contributed by atoms with E-state index in [1.54, 1.807) is 4.31 Å². The van der Waals surface area contributed by atoms with Crippen molar-refractivity contribution in [3.05, 3.63) is 35.4 Å². The summed E-state index contributed by atoms with van der Waals surface area (Å²) in [6.07, 6.45) is 2.17. The largest absolute Gasteiger partial charge is 0.330 e. The van der Waals surface area contributed by atoms with E-state index in [1.165, 1.54) is 17.4 Å². The van der Waals surface area contributed by atoms with E-state index in [2.05, 4.69) is 17.0 Å². The topological polar surface area (TPSA) is 66.6 Å². The van der Waals surface area contributed by atoms with Crippen LogP contribution in [0.5, 0.6) is 0 Å². The normalized spacial score (nSPS) is 18.3. The van der Waals surface area contributed by atoms with Gasteiger partial charge in [-0.1, -0.05) is 24.3 Å². The molecule has 0 aromatic heterocycles. The highest BCUT2D eigenvalue weighted by Crippen LogP contribution is 2.14. The van der Waals surface area contributed by atoms with Crippen LogP contribution in [0.3, 0.4) is 0 Å². The average molecular weight is 297 g/mol. The summed E-state index contributed by atoms with van der Waals surface area (Å²) >= 11 is 0. The molecule has 1 saturated heterocycles. The first-order valence-electron chi connectivity index (χ1n) is 6.95. The van der Waals surface area contributed by atoms with Crippen LogP contribution in [-0.4, -0.2) is 56.6 Å². The van der Waals surface area contributed by atoms with Gasteiger partial charge in [-0.25, -0.2) is 8.42 Å². The van der Waals surface area contributed by atoms with E-state index in [0.29, 0.717) is 19.6 Å². The third kappa shape index (κ3) is 4.02. The summed E-state index contributed by atoms with van der Waals surface area (Å²) in [6.45, 7) is 4.25. The highest BCUT2D eigenvalue weighted by atomic mass is 32.2. The van der Waals surface area contributed by atoms with Gasteiger partial charge in [-0.05, 0) is 24.1 Å². The van der Waals surface area contributed by atoms with Crippen LogP contribution in [0, 0.1) is 0 Å². The number of hydrogen-bond donors (Lipinski definition) is 1. The number of nitrogens with two attached hydrogens (primary N) is 1. The van der Waals surface area contributed by atoms with E-state index < -0.39 is 10.0 Å². The van der Waals surface area contributed by atoms with Crippen LogP contribution >= 0.6 is 0 Å². The van der Waals surface area contributed by atoms with Crippen LogP contribution in [0.15, 0.2) is 24.3 Å². The molecule has 5 nitrogen and oxygen atoms in total. The molecule has 1 aliphatic rings. The maximum Gasteiger partial charge on any atom is 0.211 e. The summed E-state index contributed by atoms with van der Waals surface area (Å²) in [6, 6.07) is 8.33. The molecule has 112 valence electrons. The fourth-order valence-corrected chi connectivity index (χ4v) is 3.40. The Morgan fingerprint density at radius 3 is 2.25 bits per heavy atom. The first kappa shape index (κ1) is 15.4. The van der Waals surface area contributed by atoms with Gasteiger partial charge in [-0.15, -0.1) is 0 Å². The average Bonchev–Trinajstić information content (AvgIpc) is 2.41. The third-order valence-corrected chi connectivity index (χ3v) is 5.03. The Morgan fingerprint density at radius 1 is 1.10 bits per heavy atom. The number of hydrogen-bond acceptors (Lipinski definition) is 4. The van der Waals surface area contributed by atoms with Crippen LogP contribution in [0.2, 0.25) is 0 Å². The predicted octanol–water partition coefficient (Wildman–Crippen LogP) is 0.265. The second-order valence-corrected chi connectivity index (χ2v) is 7.23. The molecule has 1 aliphatic heterocycles. The Hall–Kier alpha value is -0.950. The van der Waals surface area contributed by atoms with Crippen molar-refractivity contribution < 1.29 is 8.42 Å². The molecular weight excluding hydrogens is 274 g/mol. The number of piperazine rings is 1. The van der Waals surface area contributed by atoms with Crippen molar-refractivity contribution in [2.75, 3.05) is 39.0 Å². The van der Waals surface area contributed by atoms with Gasteiger partial charge in [-0.2, -0.15) is 4.31 Å². The SMILES string of the molecule is CS(=O)(=O)N1CCN(Cc2ccccc2CCN)CC1. The maximum atomic E-state index is 11.5. The lowest BCUT2D eigenvalue weighted by Crippen LogP contribution is -2.47. The summed E-state index contributed by atoms with van der Waals surface area (Å²) in [5.41, 5.74) is 8.23. The third-order valence-electron chi connectivity index (χ3n) is 3.73. The maximum absolute atomic E-state index is 11.5. The van der Waals surface area contributed by atoms with Gasteiger partial charge in [0.05, 0.1) is 6.26 Å². The monoisotopic (exact) mass is 297 g/mol. The van der Waals surface area contributed by atoms with E-state index in [4.69, 9.17) is 5.73 Å². The molecule has 1 aromatic carbocycles. The molecule has 6 heteroatoms. The fourth-order valence-electron chi connectivity index (χ4n) is 2.57. The number of rotatable bonds is 5. The van der Waals surface area contributed by atoms with E-state index in [9.17, 15) is 8.42 Å². The lowest BCUT2D eigenvalue weighted by atomic mass is 10.0. The molecule has 0 bridgehead atoms. The zero-order valence-electron chi connectivity index (χ0n) is 12.0. The second-order valence-electron chi connectivity index (χ2n) is 5.25. The highest BCUT2D eigenvalue weighted by Gasteiger charge is 2.23. The van der Waals surface area contributed by atoms with Crippen molar-refractivity contribution in [3.63, 3.8) is 0 Å². The molecule has 0 unspecified atom stereocenters. The Kier molecular flexibility index (Phi) is 5.15. The van der Waals surface area contributed by atoms with Crippen LogP contribution in [0.1, 0.15) is 11.1 Å². The minimum absolute atomic E-state index is 0.581. The molecule has 1 fully saturated rings. The van der Waals surface area contributed by atoms with E-state index in [-0.39, 0.29) is 0 Å². The van der Waals surface area contributed by atoms with Crippen LogP contribution < -0.4 is 5.73 Å². The second kappa shape index (κ2) is 6.67. The molecule has 20 heavy (non-hydrogen) atoms. The van der Waals surface area contributed by atoms with Crippen molar-refractivity contribution in [1.82, 2.24) is 9.21 Å². The number of benzene rings is 1. The Bertz CT molecular complexity index is 537. The number of sulfonamides is 1. The molecule has 2 N–H and O–H groups in total. The van der Waals surface area contributed by atoms with Crippen molar-refractivity contribution in [1.29, 1.82) is 0 Å². The van der Waals surface area contributed by atoms with Gasteiger partial charge in [0.25, 0.3) is 0 Å². The Balaban J connectivity index is 1.96. The van der Waals surface area contributed by atoms with Crippen molar-refractivity contribution in [2.24, 2.45) is 5.73 Å². The van der Waals surface area contributed by atoms with E-state index in [1.807, 2.05) is 12.1 Å². The summed E-state index contributed by atoms with van der Waals surface area (Å²) in [5.74, 6) is 0. The molecule has 0 spiro atoms. The minimum Gasteiger partial charge on any atom is -0.330 e. The summed E-state index contributed by atoms with van der Waals surface area (Å²) in [5, 5.41) is 0. The Morgan fingerprint density at radius 2 is 1.70 bits per heavy atom. The quantitative estimate of drug-likeness (QED) is 0.847. The smallest absolute Gasteiger partial charge is 0.211 e. The minimum atomic E-state index is -3.05. The molecule has 2 rings (SSSR count). The molecule has 1 aromatic rings. The fraction of sp³-hybridized carbons (Fsp3) is 0.571. The first-order chi connectivity index (χ1) is 9.50. The standard InChI is InChI=1S/C14H23N3O2S/c1-20(18,19)17-10-8-16(9-11-17)12-14-5-3-2-4-13(14)6-7-15/h2-5H,6-12,15H2,1H3. The molecule has 0 amide bonds. The van der Waals surface area contributed by atoms with Crippen LogP contribution in [0.25, 0.3) is 0 Å². The molecule has 0 aliphatic carbocycles. The molecule has 0 atom stereocenters. The van der Waals surface area contributed by atoms with Gasteiger partial charge >= 0.3 is 0 Å². The summed E-state index contributed by atoms with van der Waals surface area (Å²) < 4.78 is 24.5. The van der Waals surface area contributed by atoms with Crippen molar-refractivity contribution in [2.45, 2.75) is 13.0 Å². The summed E-state index contributed by atoms with van der Waals surface area (Å²) in [7, 11) is -3.05. The van der Waals surface area contributed by atoms with Crippen molar-refractivity contribution >= 4 is 10.0 Å². The van der Waals surface area contributed by atoms with Gasteiger partial charge in [0, 0.05) is 32.7 Å². The molecular formula is C14H23N3O2S. The van der Waals surface area contributed by atoms with Gasteiger partial charge in [-0.3, -0.25) is 4.90 Å². The highest BCUT2D eigenvalue weighted by molar-refractivity contribution is 7.88. The van der Waals surface area contributed by atoms with Crippen LogP contribution in [-0.2, 0) is 23.0 Å². The van der Waals surface area contributed by atoms with Gasteiger partial charge in [0.15, 0.2) is 0 Å². The predicted molar refractivity (Wildman–Crippen MR) is 80.9 cm³/mol. The molecule has 0 radical (unpaired) electrons. The van der Waals surface area contributed by atoms with E-state index in [0.717, 1.165) is 26.1 Å².